The second-order valence-electron chi connectivity index (χ2n) is 7.12. The van der Waals surface area contributed by atoms with Gasteiger partial charge in [0.1, 0.15) is 5.52 Å². The van der Waals surface area contributed by atoms with Gasteiger partial charge in [0.2, 0.25) is 5.95 Å². The van der Waals surface area contributed by atoms with Crippen LogP contribution in [0.15, 0.2) is 30.3 Å². The number of hydrogen-bond acceptors (Lipinski definition) is 3. The number of hydrogen-bond donors (Lipinski definition) is 0. The third kappa shape index (κ3) is 2.86. The van der Waals surface area contributed by atoms with E-state index in [1.807, 2.05) is 18.2 Å². The van der Waals surface area contributed by atoms with Gasteiger partial charge < -0.3 is 14.4 Å². The number of halogens is 3. The predicted molar refractivity (Wildman–Crippen MR) is 114 cm³/mol. The quantitative estimate of drug-likeness (QED) is 0.497. The standard InChI is InChI=1S/C20H19Cl3N4/c21-13-4-6-16(15(23)12-13)26-10-3-11-27-19-17(25-8-1-2-9-25)7-5-14(22)18(19)24-20(26)27/h4-7,12H,1-3,8-11H2. The van der Waals surface area contributed by atoms with E-state index in [4.69, 9.17) is 39.8 Å². The first-order valence-electron chi connectivity index (χ1n) is 9.30. The number of anilines is 3. The summed E-state index contributed by atoms with van der Waals surface area (Å²) in [6.07, 6.45) is 3.48. The molecule has 0 aliphatic carbocycles. The second-order valence-corrected chi connectivity index (χ2v) is 8.37. The molecule has 2 aliphatic heterocycles. The van der Waals surface area contributed by atoms with Crippen LogP contribution in [0.5, 0.6) is 0 Å². The average Bonchev–Trinajstić information content (AvgIpc) is 3.31. The topological polar surface area (TPSA) is 24.3 Å². The molecule has 3 aromatic rings. The van der Waals surface area contributed by atoms with Crippen molar-refractivity contribution in [2.45, 2.75) is 25.8 Å². The summed E-state index contributed by atoms with van der Waals surface area (Å²) in [6.45, 7) is 3.96. The van der Waals surface area contributed by atoms with Gasteiger partial charge in [-0.15, -0.1) is 0 Å². The minimum absolute atomic E-state index is 0.633. The molecule has 0 unspecified atom stereocenters. The first kappa shape index (κ1) is 17.5. The maximum Gasteiger partial charge on any atom is 0.211 e. The molecule has 0 radical (unpaired) electrons. The maximum absolute atomic E-state index is 6.54. The Morgan fingerprint density at radius 1 is 0.778 bits per heavy atom. The Kier molecular flexibility index (Phi) is 4.38. The van der Waals surface area contributed by atoms with Gasteiger partial charge >= 0.3 is 0 Å². The van der Waals surface area contributed by atoms with Crippen molar-refractivity contribution in [2.24, 2.45) is 0 Å². The Labute approximate surface area is 173 Å². The van der Waals surface area contributed by atoms with E-state index < -0.39 is 0 Å². The van der Waals surface area contributed by atoms with Crippen LogP contribution in [-0.2, 0) is 6.54 Å². The molecule has 1 aromatic heterocycles. The van der Waals surface area contributed by atoms with E-state index in [0.29, 0.717) is 15.1 Å². The molecule has 5 rings (SSSR count). The number of rotatable bonds is 2. The highest BCUT2D eigenvalue weighted by Gasteiger charge is 2.28. The molecule has 2 aromatic carbocycles. The van der Waals surface area contributed by atoms with E-state index >= 15 is 0 Å². The van der Waals surface area contributed by atoms with Gasteiger partial charge in [-0.3, -0.25) is 0 Å². The summed E-state index contributed by atoms with van der Waals surface area (Å²) in [5.41, 5.74) is 4.16. The smallest absolute Gasteiger partial charge is 0.211 e. The molecule has 0 N–H and O–H groups in total. The zero-order chi connectivity index (χ0) is 18.5. The van der Waals surface area contributed by atoms with Crippen molar-refractivity contribution in [3.8, 4) is 0 Å². The molecule has 2 aliphatic rings. The van der Waals surface area contributed by atoms with Gasteiger partial charge in [-0.1, -0.05) is 34.8 Å². The van der Waals surface area contributed by atoms with Crippen molar-refractivity contribution in [2.75, 3.05) is 29.4 Å². The molecule has 0 atom stereocenters. The molecular formula is C20H19Cl3N4. The zero-order valence-corrected chi connectivity index (χ0v) is 17.0. The second kappa shape index (κ2) is 6.77. The van der Waals surface area contributed by atoms with Crippen molar-refractivity contribution in [3.05, 3.63) is 45.4 Å². The summed E-state index contributed by atoms with van der Waals surface area (Å²) in [6, 6.07) is 9.72. The summed E-state index contributed by atoms with van der Waals surface area (Å²) in [7, 11) is 0. The molecule has 4 nitrogen and oxygen atoms in total. The van der Waals surface area contributed by atoms with Crippen LogP contribution in [-0.4, -0.2) is 29.2 Å². The molecular weight excluding hydrogens is 403 g/mol. The van der Waals surface area contributed by atoms with Crippen molar-refractivity contribution < 1.29 is 0 Å². The van der Waals surface area contributed by atoms with Gasteiger partial charge in [0.15, 0.2) is 0 Å². The number of aromatic nitrogens is 2. The molecule has 0 spiro atoms. The average molecular weight is 422 g/mol. The van der Waals surface area contributed by atoms with Gasteiger partial charge in [0.25, 0.3) is 0 Å². The molecule has 1 saturated heterocycles. The lowest BCUT2D eigenvalue weighted by Crippen LogP contribution is -2.28. The number of imidazole rings is 1. The molecule has 3 heterocycles. The third-order valence-electron chi connectivity index (χ3n) is 5.46. The number of nitrogens with zero attached hydrogens (tertiary/aromatic N) is 4. The summed E-state index contributed by atoms with van der Waals surface area (Å²) in [4.78, 5) is 9.56. The molecule has 7 heteroatoms. The van der Waals surface area contributed by atoms with Crippen LogP contribution < -0.4 is 9.80 Å². The predicted octanol–water partition coefficient (Wildman–Crippen LogP) is 6.14. The molecule has 27 heavy (non-hydrogen) atoms. The normalized spacial score (nSPS) is 17.0. The van der Waals surface area contributed by atoms with Crippen LogP contribution in [0, 0.1) is 0 Å². The number of fused-ring (bicyclic) bond motifs is 3. The van der Waals surface area contributed by atoms with Gasteiger partial charge in [-0.25, -0.2) is 4.98 Å². The van der Waals surface area contributed by atoms with Crippen LogP contribution in [0.4, 0.5) is 17.3 Å². The SMILES string of the molecule is Clc1ccc(N2CCCn3c2nc2c(Cl)ccc(N4CCCC4)c23)c(Cl)c1. The van der Waals surface area contributed by atoms with Crippen LogP contribution in [0.2, 0.25) is 15.1 Å². The van der Waals surface area contributed by atoms with Crippen LogP contribution >= 0.6 is 34.8 Å². The lowest BCUT2D eigenvalue weighted by molar-refractivity contribution is 0.604. The van der Waals surface area contributed by atoms with Crippen LogP contribution in [0.25, 0.3) is 11.0 Å². The van der Waals surface area contributed by atoms with Crippen molar-refractivity contribution >= 4 is 63.2 Å². The Bertz CT molecular complexity index is 1020. The van der Waals surface area contributed by atoms with Gasteiger partial charge in [0.05, 0.1) is 26.9 Å². The Morgan fingerprint density at radius 3 is 2.33 bits per heavy atom. The van der Waals surface area contributed by atoms with Crippen LogP contribution in [0.3, 0.4) is 0 Å². The maximum atomic E-state index is 6.54. The first-order chi connectivity index (χ1) is 13.1. The summed E-state index contributed by atoms with van der Waals surface area (Å²) >= 11 is 19.1. The van der Waals surface area contributed by atoms with E-state index in [9.17, 15) is 0 Å². The van der Waals surface area contributed by atoms with Gasteiger partial charge in [-0.2, -0.15) is 0 Å². The van der Waals surface area contributed by atoms with E-state index in [1.165, 1.54) is 18.5 Å². The Morgan fingerprint density at radius 2 is 1.56 bits per heavy atom. The fraction of sp³-hybridized carbons (Fsp3) is 0.350. The highest BCUT2D eigenvalue weighted by Crippen LogP contribution is 2.41. The molecule has 0 bridgehead atoms. The van der Waals surface area contributed by atoms with E-state index in [0.717, 1.165) is 55.3 Å². The summed E-state index contributed by atoms with van der Waals surface area (Å²) in [5.74, 6) is 0.897. The highest BCUT2D eigenvalue weighted by atomic mass is 35.5. The van der Waals surface area contributed by atoms with Crippen LogP contribution in [0.1, 0.15) is 19.3 Å². The van der Waals surface area contributed by atoms with E-state index in [2.05, 4.69) is 20.4 Å². The largest absolute Gasteiger partial charge is 0.370 e. The monoisotopic (exact) mass is 420 g/mol. The van der Waals surface area contributed by atoms with Gasteiger partial charge in [0, 0.05) is 31.2 Å². The molecule has 0 amide bonds. The molecule has 1 fully saturated rings. The van der Waals surface area contributed by atoms with Crippen molar-refractivity contribution in [1.82, 2.24) is 9.55 Å². The minimum Gasteiger partial charge on any atom is -0.370 e. The summed E-state index contributed by atoms with van der Waals surface area (Å²) in [5, 5.41) is 1.96. The van der Waals surface area contributed by atoms with Gasteiger partial charge in [-0.05, 0) is 49.6 Å². The minimum atomic E-state index is 0.633. The zero-order valence-electron chi connectivity index (χ0n) is 14.8. The first-order valence-corrected chi connectivity index (χ1v) is 10.4. The molecule has 0 saturated carbocycles. The number of aryl methyl sites for hydroxylation is 1. The lowest BCUT2D eigenvalue weighted by Gasteiger charge is -2.30. The fourth-order valence-electron chi connectivity index (χ4n) is 4.22. The third-order valence-corrected chi connectivity index (χ3v) is 6.30. The Hall–Kier alpha value is -1.62. The van der Waals surface area contributed by atoms with Crippen molar-refractivity contribution in [3.63, 3.8) is 0 Å². The lowest BCUT2D eigenvalue weighted by atomic mass is 10.2. The Balaban J connectivity index is 1.71. The summed E-state index contributed by atoms with van der Waals surface area (Å²) < 4.78 is 2.29. The molecule has 140 valence electrons. The van der Waals surface area contributed by atoms with E-state index in [-0.39, 0.29) is 0 Å². The van der Waals surface area contributed by atoms with E-state index in [1.54, 1.807) is 6.07 Å². The van der Waals surface area contributed by atoms with Crippen molar-refractivity contribution in [1.29, 1.82) is 0 Å². The number of benzene rings is 2. The fourth-order valence-corrected chi connectivity index (χ4v) is 4.93. The highest BCUT2D eigenvalue weighted by molar-refractivity contribution is 6.36.